The predicted molar refractivity (Wildman–Crippen MR) is 91.7 cm³/mol. The quantitative estimate of drug-likeness (QED) is 0.306. The lowest BCUT2D eigenvalue weighted by molar-refractivity contribution is -0.384. The topological polar surface area (TPSA) is 130 Å². The van der Waals surface area contributed by atoms with Gasteiger partial charge in [0.1, 0.15) is 0 Å². The normalized spacial score (nSPS) is 10.7. The van der Waals surface area contributed by atoms with Crippen LogP contribution in [0.5, 0.6) is 0 Å². The van der Waals surface area contributed by atoms with Gasteiger partial charge < -0.3 is 10.6 Å². The summed E-state index contributed by atoms with van der Waals surface area (Å²) < 4.78 is 26.2. The molecule has 0 aliphatic heterocycles. The molecule has 1 rings (SSSR count). The number of nitrogens with zero attached hydrogens (tertiary/aromatic N) is 1. The standard InChI is InChI=1S/C13H20N4O5S.ClH/c1-14-8-2-9-15-13(18)7-10-16-23(21,22)12-5-3-11(4-6-12)17(19)20;/h3-6,14,16H,2,7-10H2,1H3,(H,15,18);1H. The molecule has 136 valence electrons. The van der Waals surface area contributed by atoms with Crippen molar-refractivity contribution in [3.8, 4) is 0 Å². The van der Waals surface area contributed by atoms with Crippen LogP contribution in [-0.4, -0.2) is 45.9 Å². The fourth-order valence-electron chi connectivity index (χ4n) is 1.71. The molecule has 9 nitrogen and oxygen atoms in total. The van der Waals surface area contributed by atoms with Gasteiger partial charge in [-0.05, 0) is 32.1 Å². The van der Waals surface area contributed by atoms with E-state index in [2.05, 4.69) is 15.4 Å². The summed E-state index contributed by atoms with van der Waals surface area (Å²) in [5, 5.41) is 16.2. The highest BCUT2D eigenvalue weighted by Gasteiger charge is 2.15. The summed E-state index contributed by atoms with van der Waals surface area (Å²) in [7, 11) is -1.98. The fourth-order valence-corrected chi connectivity index (χ4v) is 2.74. The van der Waals surface area contributed by atoms with Gasteiger partial charge in [0.05, 0.1) is 9.82 Å². The summed E-state index contributed by atoms with van der Waals surface area (Å²) in [4.78, 5) is 21.3. The maximum absolute atomic E-state index is 12.0. The van der Waals surface area contributed by atoms with Crippen LogP contribution in [0.15, 0.2) is 29.2 Å². The van der Waals surface area contributed by atoms with Crippen molar-refractivity contribution in [2.24, 2.45) is 0 Å². The van der Waals surface area contributed by atoms with Crippen LogP contribution in [0.1, 0.15) is 12.8 Å². The molecule has 0 heterocycles. The minimum absolute atomic E-state index is 0. The third-order valence-corrected chi connectivity index (χ3v) is 4.40. The molecule has 0 fully saturated rings. The second-order valence-electron chi connectivity index (χ2n) is 4.71. The van der Waals surface area contributed by atoms with Crippen molar-refractivity contribution in [1.29, 1.82) is 0 Å². The summed E-state index contributed by atoms with van der Waals surface area (Å²) in [5.74, 6) is -0.243. The zero-order valence-corrected chi connectivity index (χ0v) is 14.8. The molecule has 0 aliphatic rings. The molecule has 0 saturated heterocycles. The number of amides is 1. The number of sulfonamides is 1. The van der Waals surface area contributed by atoms with Gasteiger partial charge in [0, 0.05) is 31.6 Å². The molecule has 0 radical (unpaired) electrons. The largest absolute Gasteiger partial charge is 0.356 e. The molecule has 1 aromatic carbocycles. The van der Waals surface area contributed by atoms with Crippen molar-refractivity contribution in [3.05, 3.63) is 34.4 Å². The summed E-state index contributed by atoms with van der Waals surface area (Å²) >= 11 is 0. The lowest BCUT2D eigenvalue weighted by Gasteiger charge is -2.07. The van der Waals surface area contributed by atoms with E-state index in [9.17, 15) is 23.3 Å². The Bertz CT molecular complexity index is 636. The van der Waals surface area contributed by atoms with E-state index in [4.69, 9.17) is 0 Å². The van der Waals surface area contributed by atoms with Crippen molar-refractivity contribution in [3.63, 3.8) is 0 Å². The van der Waals surface area contributed by atoms with Crippen LogP contribution < -0.4 is 15.4 Å². The molecule has 24 heavy (non-hydrogen) atoms. The van der Waals surface area contributed by atoms with Crippen molar-refractivity contribution < 1.29 is 18.1 Å². The lowest BCUT2D eigenvalue weighted by atomic mass is 10.3. The van der Waals surface area contributed by atoms with Crippen molar-refractivity contribution >= 4 is 34.0 Å². The van der Waals surface area contributed by atoms with E-state index in [0.29, 0.717) is 6.54 Å². The number of nitrogens with one attached hydrogen (secondary N) is 3. The van der Waals surface area contributed by atoms with Crippen LogP contribution >= 0.6 is 12.4 Å². The molecule has 0 atom stereocenters. The number of carbonyl (C=O) groups is 1. The highest BCUT2D eigenvalue weighted by atomic mass is 35.5. The summed E-state index contributed by atoms with van der Waals surface area (Å²) in [6, 6.07) is 4.53. The molecular formula is C13H21ClN4O5S. The zero-order valence-electron chi connectivity index (χ0n) is 13.1. The Morgan fingerprint density at radius 1 is 1.17 bits per heavy atom. The van der Waals surface area contributed by atoms with Gasteiger partial charge in [0.2, 0.25) is 15.9 Å². The van der Waals surface area contributed by atoms with Crippen LogP contribution in [0.2, 0.25) is 0 Å². The first-order chi connectivity index (χ1) is 10.9. The number of nitro benzene ring substituents is 1. The monoisotopic (exact) mass is 380 g/mol. The van der Waals surface area contributed by atoms with Crippen molar-refractivity contribution in [1.82, 2.24) is 15.4 Å². The summed E-state index contributed by atoms with van der Waals surface area (Å²) in [6.07, 6.45) is 0.808. The number of hydrogen-bond acceptors (Lipinski definition) is 6. The van der Waals surface area contributed by atoms with Crippen LogP contribution in [-0.2, 0) is 14.8 Å². The van der Waals surface area contributed by atoms with E-state index < -0.39 is 14.9 Å². The van der Waals surface area contributed by atoms with Crippen LogP contribution in [0.25, 0.3) is 0 Å². The van der Waals surface area contributed by atoms with Crippen LogP contribution in [0.4, 0.5) is 5.69 Å². The molecule has 0 saturated carbocycles. The highest BCUT2D eigenvalue weighted by molar-refractivity contribution is 7.89. The number of nitro groups is 1. The van der Waals surface area contributed by atoms with Crippen molar-refractivity contribution in [2.45, 2.75) is 17.7 Å². The minimum atomic E-state index is -3.79. The van der Waals surface area contributed by atoms with Crippen molar-refractivity contribution in [2.75, 3.05) is 26.7 Å². The Balaban J connectivity index is 0.00000529. The molecule has 11 heteroatoms. The highest BCUT2D eigenvalue weighted by Crippen LogP contribution is 2.15. The Hall–Kier alpha value is -1.75. The number of hydrogen-bond donors (Lipinski definition) is 3. The van der Waals surface area contributed by atoms with Gasteiger partial charge in [0.15, 0.2) is 0 Å². The smallest absolute Gasteiger partial charge is 0.269 e. The minimum Gasteiger partial charge on any atom is -0.356 e. The average Bonchev–Trinajstić information content (AvgIpc) is 2.51. The number of halogens is 1. The Morgan fingerprint density at radius 2 is 1.79 bits per heavy atom. The van der Waals surface area contributed by atoms with E-state index in [1.165, 1.54) is 0 Å². The average molecular weight is 381 g/mol. The number of benzene rings is 1. The second kappa shape index (κ2) is 10.9. The molecule has 0 unspecified atom stereocenters. The molecule has 1 amide bonds. The zero-order chi connectivity index (χ0) is 17.3. The van der Waals surface area contributed by atoms with E-state index in [1.54, 1.807) is 0 Å². The number of non-ortho nitro benzene ring substituents is 1. The predicted octanol–water partition coefficient (Wildman–Crippen LogP) is 0.411. The van der Waals surface area contributed by atoms with E-state index in [-0.39, 0.29) is 41.9 Å². The van der Waals surface area contributed by atoms with Gasteiger partial charge >= 0.3 is 0 Å². The Morgan fingerprint density at radius 3 is 2.33 bits per heavy atom. The molecule has 0 aliphatic carbocycles. The SMILES string of the molecule is CNCCCNC(=O)CCNS(=O)(=O)c1ccc([N+](=O)[O-])cc1.Cl. The van der Waals surface area contributed by atoms with Gasteiger partial charge in [0.25, 0.3) is 5.69 Å². The Labute approximate surface area is 146 Å². The molecular weight excluding hydrogens is 360 g/mol. The van der Waals surface area contributed by atoms with E-state index in [1.807, 2.05) is 7.05 Å². The first-order valence-electron chi connectivity index (χ1n) is 7.02. The Kier molecular flexibility index (Phi) is 10.1. The molecule has 0 aromatic heterocycles. The first kappa shape index (κ1) is 22.2. The number of rotatable bonds is 10. The lowest BCUT2D eigenvalue weighted by Crippen LogP contribution is -2.31. The van der Waals surface area contributed by atoms with Crippen LogP contribution in [0, 0.1) is 10.1 Å². The van der Waals surface area contributed by atoms with Gasteiger partial charge in [-0.25, -0.2) is 13.1 Å². The summed E-state index contributed by atoms with van der Waals surface area (Å²) in [5.41, 5.74) is -0.190. The van der Waals surface area contributed by atoms with Gasteiger partial charge in [-0.1, -0.05) is 0 Å². The first-order valence-corrected chi connectivity index (χ1v) is 8.50. The summed E-state index contributed by atoms with van der Waals surface area (Å²) in [6.45, 7) is 1.26. The van der Waals surface area contributed by atoms with Gasteiger partial charge in [-0.2, -0.15) is 0 Å². The van der Waals surface area contributed by atoms with E-state index >= 15 is 0 Å². The fraction of sp³-hybridized carbons (Fsp3) is 0.462. The maximum Gasteiger partial charge on any atom is 0.269 e. The van der Waals surface area contributed by atoms with Gasteiger partial charge in [-0.15, -0.1) is 12.4 Å². The molecule has 0 bridgehead atoms. The molecule has 1 aromatic rings. The third-order valence-electron chi connectivity index (χ3n) is 2.93. The third kappa shape index (κ3) is 7.68. The second-order valence-corrected chi connectivity index (χ2v) is 6.47. The number of carbonyl (C=O) groups excluding carboxylic acids is 1. The maximum atomic E-state index is 12.0. The van der Waals surface area contributed by atoms with E-state index in [0.717, 1.165) is 37.2 Å². The molecule has 0 spiro atoms. The van der Waals surface area contributed by atoms with Gasteiger partial charge in [-0.3, -0.25) is 14.9 Å². The van der Waals surface area contributed by atoms with Crippen LogP contribution in [0.3, 0.4) is 0 Å². The molecule has 3 N–H and O–H groups in total.